The van der Waals surface area contributed by atoms with Crippen LogP contribution in [0.1, 0.15) is 17.8 Å². The van der Waals surface area contributed by atoms with Crippen LogP contribution in [0.15, 0.2) is 35.7 Å². The number of anilines is 2. The summed E-state index contributed by atoms with van der Waals surface area (Å²) in [4.78, 5) is 12.5. The lowest BCUT2D eigenvalue weighted by Crippen LogP contribution is -2.29. The number of hydrogen-bond donors (Lipinski definition) is 1. The first-order chi connectivity index (χ1) is 10.3. The van der Waals surface area contributed by atoms with E-state index in [2.05, 4.69) is 39.1 Å². The summed E-state index contributed by atoms with van der Waals surface area (Å²) in [6.07, 6.45) is 2.33. The van der Waals surface area contributed by atoms with Crippen molar-refractivity contribution in [2.75, 3.05) is 17.2 Å². The molecule has 1 aliphatic rings. The Bertz CT molecular complexity index is 796. The molecule has 0 saturated carbocycles. The topological polar surface area (TPSA) is 55.0 Å². The van der Waals surface area contributed by atoms with E-state index < -0.39 is 0 Å². The molecule has 0 saturated heterocycles. The number of para-hydroxylation sites is 1. The number of nitrogens with two attached hydrogens (primary N) is 1. The predicted molar refractivity (Wildman–Crippen MR) is 87.6 cm³/mol. The molecule has 0 spiro atoms. The van der Waals surface area contributed by atoms with E-state index >= 15 is 0 Å². The third kappa shape index (κ3) is 2.23. The molecule has 4 rings (SSSR count). The second kappa shape index (κ2) is 5.00. The van der Waals surface area contributed by atoms with E-state index in [-0.39, 0.29) is 0 Å². The van der Waals surface area contributed by atoms with Crippen LogP contribution in [0.4, 0.5) is 11.5 Å². The van der Waals surface area contributed by atoms with Crippen LogP contribution in [0.25, 0.3) is 10.2 Å². The number of nitrogens with zero attached hydrogens (tertiary/aromatic N) is 3. The summed E-state index contributed by atoms with van der Waals surface area (Å²) in [6.45, 7) is 1.76. The molecule has 0 aliphatic carbocycles. The molecule has 3 aromatic rings. The predicted octanol–water partition coefficient (Wildman–Crippen LogP) is 3.23. The Kier molecular flexibility index (Phi) is 3.00. The SMILES string of the molecule is Nc1nc(CN2CCCc3ccccc32)nc2sccc12. The Morgan fingerprint density at radius 3 is 3.05 bits per heavy atom. The quantitative estimate of drug-likeness (QED) is 0.789. The van der Waals surface area contributed by atoms with Gasteiger partial charge in [-0.3, -0.25) is 0 Å². The van der Waals surface area contributed by atoms with Gasteiger partial charge < -0.3 is 10.6 Å². The molecule has 0 fully saturated rings. The van der Waals surface area contributed by atoms with Gasteiger partial charge in [-0.05, 0) is 35.9 Å². The van der Waals surface area contributed by atoms with Gasteiger partial charge in [0.15, 0.2) is 5.82 Å². The molecule has 1 aliphatic heterocycles. The van der Waals surface area contributed by atoms with Gasteiger partial charge in [-0.1, -0.05) is 18.2 Å². The lowest BCUT2D eigenvalue weighted by molar-refractivity contribution is 0.676. The van der Waals surface area contributed by atoms with Crippen molar-refractivity contribution in [3.63, 3.8) is 0 Å². The van der Waals surface area contributed by atoms with E-state index in [1.807, 2.05) is 11.4 Å². The van der Waals surface area contributed by atoms with E-state index in [4.69, 9.17) is 5.73 Å². The van der Waals surface area contributed by atoms with Gasteiger partial charge in [0.1, 0.15) is 10.6 Å². The van der Waals surface area contributed by atoms with Crippen LogP contribution in [0.3, 0.4) is 0 Å². The van der Waals surface area contributed by atoms with Gasteiger partial charge in [0.05, 0.1) is 11.9 Å². The lowest BCUT2D eigenvalue weighted by atomic mass is 10.0. The Morgan fingerprint density at radius 2 is 2.10 bits per heavy atom. The average molecular weight is 296 g/mol. The van der Waals surface area contributed by atoms with E-state index in [0.717, 1.165) is 35.6 Å². The van der Waals surface area contributed by atoms with Crippen LogP contribution >= 0.6 is 11.3 Å². The molecule has 5 heteroatoms. The van der Waals surface area contributed by atoms with Gasteiger partial charge in [0.25, 0.3) is 0 Å². The average Bonchev–Trinajstić information content (AvgIpc) is 2.97. The molecule has 2 N–H and O–H groups in total. The minimum Gasteiger partial charge on any atom is -0.383 e. The van der Waals surface area contributed by atoms with Gasteiger partial charge in [-0.25, -0.2) is 9.97 Å². The molecule has 0 bridgehead atoms. The van der Waals surface area contributed by atoms with E-state index in [9.17, 15) is 0 Å². The molecular weight excluding hydrogens is 280 g/mol. The Morgan fingerprint density at radius 1 is 1.19 bits per heavy atom. The van der Waals surface area contributed by atoms with Crippen molar-refractivity contribution < 1.29 is 0 Å². The summed E-state index contributed by atoms with van der Waals surface area (Å²) in [7, 11) is 0. The molecule has 0 amide bonds. The molecule has 0 atom stereocenters. The zero-order valence-corrected chi connectivity index (χ0v) is 12.4. The normalized spacial score (nSPS) is 14.4. The smallest absolute Gasteiger partial charge is 0.151 e. The zero-order chi connectivity index (χ0) is 14.2. The number of benzene rings is 1. The Labute approximate surface area is 127 Å². The van der Waals surface area contributed by atoms with Crippen LogP contribution < -0.4 is 10.6 Å². The fraction of sp³-hybridized carbons (Fsp3) is 0.250. The van der Waals surface area contributed by atoms with Gasteiger partial charge in [-0.2, -0.15) is 0 Å². The summed E-state index contributed by atoms with van der Waals surface area (Å²) < 4.78 is 0. The number of fused-ring (bicyclic) bond motifs is 2. The first-order valence-electron chi connectivity index (χ1n) is 7.14. The summed E-state index contributed by atoms with van der Waals surface area (Å²) in [5.41, 5.74) is 8.75. The lowest BCUT2D eigenvalue weighted by Gasteiger charge is -2.30. The van der Waals surface area contributed by atoms with Crippen molar-refractivity contribution in [2.45, 2.75) is 19.4 Å². The van der Waals surface area contributed by atoms with Crippen LogP contribution in [0.2, 0.25) is 0 Å². The highest BCUT2D eigenvalue weighted by Gasteiger charge is 2.18. The molecule has 4 nitrogen and oxygen atoms in total. The van der Waals surface area contributed by atoms with Crippen molar-refractivity contribution in [2.24, 2.45) is 0 Å². The highest BCUT2D eigenvalue weighted by molar-refractivity contribution is 7.16. The molecule has 3 heterocycles. The van der Waals surface area contributed by atoms with Gasteiger partial charge in [0.2, 0.25) is 0 Å². The minimum absolute atomic E-state index is 0.585. The van der Waals surface area contributed by atoms with Crippen molar-refractivity contribution in [1.29, 1.82) is 0 Å². The maximum Gasteiger partial charge on any atom is 0.151 e. The monoisotopic (exact) mass is 296 g/mol. The number of hydrogen-bond acceptors (Lipinski definition) is 5. The summed E-state index contributed by atoms with van der Waals surface area (Å²) in [6, 6.07) is 10.6. The third-order valence-corrected chi connectivity index (χ3v) is 4.75. The Balaban J connectivity index is 1.69. The fourth-order valence-electron chi connectivity index (χ4n) is 2.94. The van der Waals surface area contributed by atoms with Crippen LogP contribution in [0.5, 0.6) is 0 Å². The molecule has 0 radical (unpaired) electrons. The molecule has 106 valence electrons. The van der Waals surface area contributed by atoms with Crippen molar-refractivity contribution >= 4 is 33.1 Å². The highest BCUT2D eigenvalue weighted by atomic mass is 32.1. The van der Waals surface area contributed by atoms with Crippen molar-refractivity contribution in [3.8, 4) is 0 Å². The van der Waals surface area contributed by atoms with Crippen LogP contribution in [-0.2, 0) is 13.0 Å². The second-order valence-corrected chi connectivity index (χ2v) is 6.21. The summed E-state index contributed by atoms with van der Waals surface area (Å²) in [5, 5.41) is 2.97. The van der Waals surface area contributed by atoms with Gasteiger partial charge >= 0.3 is 0 Å². The first kappa shape index (κ1) is 12.6. The third-order valence-electron chi connectivity index (χ3n) is 3.94. The van der Waals surface area contributed by atoms with Crippen molar-refractivity contribution in [3.05, 3.63) is 47.1 Å². The van der Waals surface area contributed by atoms with Crippen molar-refractivity contribution in [1.82, 2.24) is 9.97 Å². The van der Waals surface area contributed by atoms with E-state index in [0.29, 0.717) is 5.82 Å². The van der Waals surface area contributed by atoms with Gasteiger partial charge in [0, 0.05) is 12.2 Å². The maximum atomic E-state index is 6.04. The van der Waals surface area contributed by atoms with E-state index in [1.54, 1.807) is 11.3 Å². The maximum absolute atomic E-state index is 6.04. The molecule has 2 aromatic heterocycles. The number of aryl methyl sites for hydroxylation is 1. The highest BCUT2D eigenvalue weighted by Crippen LogP contribution is 2.29. The fourth-order valence-corrected chi connectivity index (χ4v) is 3.73. The molecule has 1 aromatic carbocycles. The number of aromatic nitrogens is 2. The molecule has 21 heavy (non-hydrogen) atoms. The number of nitrogen functional groups attached to an aromatic ring is 1. The first-order valence-corrected chi connectivity index (χ1v) is 8.02. The molecular formula is C16H16N4S. The Hall–Kier alpha value is -2.14. The summed E-state index contributed by atoms with van der Waals surface area (Å²) in [5.74, 6) is 1.39. The number of thiophene rings is 1. The minimum atomic E-state index is 0.585. The van der Waals surface area contributed by atoms with Gasteiger partial charge in [-0.15, -0.1) is 11.3 Å². The summed E-state index contributed by atoms with van der Waals surface area (Å²) >= 11 is 1.61. The largest absolute Gasteiger partial charge is 0.383 e. The van der Waals surface area contributed by atoms with Crippen LogP contribution in [-0.4, -0.2) is 16.5 Å². The van der Waals surface area contributed by atoms with E-state index in [1.165, 1.54) is 17.7 Å². The zero-order valence-electron chi connectivity index (χ0n) is 11.6. The second-order valence-electron chi connectivity index (χ2n) is 5.32. The standard InChI is InChI=1S/C16H16N4S/c17-15-12-7-9-21-16(12)19-14(18-15)10-20-8-3-5-11-4-1-2-6-13(11)20/h1-2,4,6-7,9H,3,5,8,10H2,(H2,17,18,19). The number of rotatable bonds is 2. The van der Waals surface area contributed by atoms with Crippen LogP contribution in [0, 0.1) is 0 Å². The molecule has 0 unspecified atom stereocenters.